The molecule has 0 fully saturated rings. The summed E-state index contributed by atoms with van der Waals surface area (Å²) < 4.78 is 1.08. The predicted octanol–water partition coefficient (Wildman–Crippen LogP) is 3.66. The van der Waals surface area contributed by atoms with Gasteiger partial charge in [0.2, 0.25) is 0 Å². The Balaban J connectivity index is 2.19. The quantitative estimate of drug-likeness (QED) is 0.804. The summed E-state index contributed by atoms with van der Waals surface area (Å²) >= 11 is 4.95. The van der Waals surface area contributed by atoms with Gasteiger partial charge in [0.15, 0.2) is 11.4 Å². The zero-order valence-electron chi connectivity index (χ0n) is 10.2. The average Bonchev–Trinajstić information content (AvgIpc) is 2.73. The second-order valence-corrected chi connectivity index (χ2v) is 5.87. The van der Waals surface area contributed by atoms with Gasteiger partial charge < -0.3 is 4.90 Å². The van der Waals surface area contributed by atoms with Crippen LogP contribution in [-0.2, 0) is 6.54 Å². The number of hydrogen-bond acceptors (Lipinski definition) is 4. The van der Waals surface area contributed by atoms with E-state index in [1.54, 1.807) is 0 Å². The lowest BCUT2D eigenvalue weighted by molar-refractivity contribution is 0.112. The van der Waals surface area contributed by atoms with Crippen LogP contribution >= 0.6 is 27.3 Å². The van der Waals surface area contributed by atoms with Crippen molar-refractivity contribution in [2.24, 2.45) is 0 Å². The number of halogens is 1. The number of carbonyl (C=O) groups excluding carboxylic acids is 1. The van der Waals surface area contributed by atoms with E-state index in [1.807, 2.05) is 37.1 Å². The molecule has 0 atom stereocenters. The fraction of sp³-hybridized carbons (Fsp3) is 0.231. The Kier molecular flexibility index (Phi) is 4.14. The second-order valence-electron chi connectivity index (χ2n) is 4.01. The van der Waals surface area contributed by atoms with Gasteiger partial charge >= 0.3 is 0 Å². The highest BCUT2D eigenvalue weighted by Crippen LogP contribution is 2.26. The fourth-order valence-corrected chi connectivity index (χ4v) is 2.87. The minimum Gasteiger partial charge on any atom is -0.347 e. The van der Waals surface area contributed by atoms with Gasteiger partial charge in [0.05, 0.1) is 10.6 Å². The lowest BCUT2D eigenvalue weighted by Crippen LogP contribution is -2.16. The first-order valence-electron chi connectivity index (χ1n) is 5.49. The maximum atomic E-state index is 10.8. The van der Waals surface area contributed by atoms with Crippen molar-refractivity contribution in [3.63, 3.8) is 0 Å². The standard InChI is InChI=1S/C13H13BrN2OS/c1-9-12(8-17)18-13(15-9)16(2)7-10-5-3-4-6-11(10)14/h3-6,8H,7H2,1-2H3. The maximum Gasteiger partial charge on any atom is 0.186 e. The summed E-state index contributed by atoms with van der Waals surface area (Å²) in [5.41, 5.74) is 1.99. The topological polar surface area (TPSA) is 33.2 Å². The molecule has 5 heteroatoms. The van der Waals surface area contributed by atoms with Crippen molar-refractivity contribution in [1.82, 2.24) is 4.98 Å². The number of thiazole rings is 1. The van der Waals surface area contributed by atoms with Gasteiger partial charge in [0.25, 0.3) is 0 Å². The molecule has 0 bridgehead atoms. The normalized spacial score (nSPS) is 10.4. The highest BCUT2D eigenvalue weighted by Gasteiger charge is 2.11. The van der Waals surface area contributed by atoms with Crippen LogP contribution in [0, 0.1) is 6.92 Å². The molecule has 0 aliphatic heterocycles. The highest BCUT2D eigenvalue weighted by molar-refractivity contribution is 9.10. The molecule has 94 valence electrons. The molecule has 0 saturated heterocycles. The van der Waals surface area contributed by atoms with Gasteiger partial charge in [-0.15, -0.1) is 0 Å². The molecule has 1 heterocycles. The molecule has 1 aromatic heterocycles. The number of rotatable bonds is 4. The van der Waals surface area contributed by atoms with Crippen LogP contribution in [0.25, 0.3) is 0 Å². The second kappa shape index (κ2) is 5.63. The van der Waals surface area contributed by atoms with Crippen LogP contribution in [0.4, 0.5) is 5.13 Å². The van der Waals surface area contributed by atoms with E-state index in [-0.39, 0.29) is 0 Å². The van der Waals surface area contributed by atoms with Crippen LogP contribution in [0.3, 0.4) is 0 Å². The van der Waals surface area contributed by atoms with Crippen LogP contribution in [0.5, 0.6) is 0 Å². The molecule has 0 radical (unpaired) electrons. The van der Waals surface area contributed by atoms with E-state index in [0.29, 0.717) is 4.88 Å². The summed E-state index contributed by atoms with van der Waals surface area (Å²) in [5.74, 6) is 0. The van der Waals surface area contributed by atoms with Crippen molar-refractivity contribution >= 4 is 38.7 Å². The first kappa shape index (κ1) is 13.2. The van der Waals surface area contributed by atoms with Gasteiger partial charge in [-0.25, -0.2) is 4.98 Å². The minimum atomic E-state index is 0.698. The van der Waals surface area contributed by atoms with E-state index >= 15 is 0 Å². The zero-order chi connectivity index (χ0) is 13.1. The van der Waals surface area contributed by atoms with Gasteiger partial charge in [-0.1, -0.05) is 45.5 Å². The SMILES string of the molecule is Cc1nc(N(C)Cc2ccccc2Br)sc1C=O. The molecule has 0 saturated carbocycles. The number of aryl methyl sites for hydroxylation is 1. The number of hydrogen-bond donors (Lipinski definition) is 0. The van der Waals surface area contributed by atoms with E-state index in [9.17, 15) is 4.79 Å². The molecular formula is C13H13BrN2OS. The van der Waals surface area contributed by atoms with Crippen molar-refractivity contribution in [2.45, 2.75) is 13.5 Å². The van der Waals surface area contributed by atoms with E-state index in [0.717, 1.165) is 28.1 Å². The molecule has 2 rings (SSSR count). The van der Waals surface area contributed by atoms with Gasteiger partial charge in [-0.2, -0.15) is 0 Å². The Morgan fingerprint density at radius 3 is 2.78 bits per heavy atom. The number of aldehydes is 1. The molecule has 0 N–H and O–H groups in total. The monoisotopic (exact) mass is 324 g/mol. The lowest BCUT2D eigenvalue weighted by Gasteiger charge is -2.16. The molecule has 18 heavy (non-hydrogen) atoms. The molecule has 0 spiro atoms. The third-order valence-electron chi connectivity index (χ3n) is 2.62. The summed E-state index contributed by atoms with van der Waals surface area (Å²) in [7, 11) is 1.98. The van der Waals surface area contributed by atoms with Gasteiger partial charge in [0.1, 0.15) is 0 Å². The van der Waals surface area contributed by atoms with Crippen molar-refractivity contribution in [3.8, 4) is 0 Å². The lowest BCUT2D eigenvalue weighted by atomic mass is 10.2. The predicted molar refractivity (Wildman–Crippen MR) is 78.5 cm³/mol. The van der Waals surface area contributed by atoms with Gasteiger partial charge in [0, 0.05) is 18.1 Å². The van der Waals surface area contributed by atoms with Crippen molar-refractivity contribution in [1.29, 1.82) is 0 Å². The summed E-state index contributed by atoms with van der Waals surface area (Å²) in [6.45, 7) is 2.61. The Morgan fingerprint density at radius 2 is 2.17 bits per heavy atom. The average molecular weight is 325 g/mol. The van der Waals surface area contributed by atoms with Crippen molar-refractivity contribution in [2.75, 3.05) is 11.9 Å². The fourth-order valence-electron chi connectivity index (χ4n) is 1.62. The highest BCUT2D eigenvalue weighted by atomic mass is 79.9. The molecule has 0 amide bonds. The van der Waals surface area contributed by atoms with Gasteiger partial charge in [-0.05, 0) is 18.6 Å². The zero-order valence-corrected chi connectivity index (χ0v) is 12.6. The molecule has 2 aromatic rings. The summed E-state index contributed by atoms with van der Waals surface area (Å²) in [6, 6.07) is 8.10. The van der Waals surface area contributed by atoms with Crippen molar-refractivity contribution in [3.05, 3.63) is 44.9 Å². The number of carbonyl (C=O) groups is 1. The Morgan fingerprint density at radius 1 is 1.44 bits per heavy atom. The van der Waals surface area contributed by atoms with Crippen LogP contribution in [0.1, 0.15) is 20.9 Å². The number of benzene rings is 1. The minimum absolute atomic E-state index is 0.698. The number of nitrogens with zero attached hydrogens (tertiary/aromatic N) is 2. The third kappa shape index (κ3) is 2.79. The van der Waals surface area contributed by atoms with E-state index in [4.69, 9.17) is 0 Å². The number of aromatic nitrogens is 1. The molecule has 0 aliphatic carbocycles. The number of anilines is 1. The smallest absolute Gasteiger partial charge is 0.186 e. The van der Waals surface area contributed by atoms with E-state index in [2.05, 4.69) is 27.0 Å². The van der Waals surface area contributed by atoms with Crippen molar-refractivity contribution < 1.29 is 4.79 Å². The van der Waals surface area contributed by atoms with Crippen LogP contribution in [0.2, 0.25) is 0 Å². The summed E-state index contributed by atoms with van der Waals surface area (Å²) in [6.07, 6.45) is 0.864. The molecule has 0 unspecified atom stereocenters. The van der Waals surface area contributed by atoms with Gasteiger partial charge in [-0.3, -0.25) is 4.79 Å². The maximum absolute atomic E-state index is 10.8. The molecule has 1 aromatic carbocycles. The Bertz CT molecular complexity index is 568. The summed E-state index contributed by atoms with van der Waals surface area (Å²) in [5, 5.41) is 0.866. The van der Waals surface area contributed by atoms with Crippen LogP contribution in [-0.4, -0.2) is 18.3 Å². The van der Waals surface area contributed by atoms with E-state index < -0.39 is 0 Å². The van der Waals surface area contributed by atoms with Crippen LogP contribution < -0.4 is 4.90 Å². The summed E-state index contributed by atoms with van der Waals surface area (Å²) in [4.78, 5) is 18.0. The third-order valence-corrected chi connectivity index (χ3v) is 4.59. The first-order valence-corrected chi connectivity index (χ1v) is 7.10. The van der Waals surface area contributed by atoms with Crippen LogP contribution in [0.15, 0.2) is 28.7 Å². The molecule has 0 aliphatic rings. The first-order chi connectivity index (χ1) is 8.61. The Hall–Kier alpha value is -1.20. The largest absolute Gasteiger partial charge is 0.347 e. The molecule has 3 nitrogen and oxygen atoms in total. The molecular weight excluding hydrogens is 312 g/mol. The Labute approximate surface area is 119 Å². The van der Waals surface area contributed by atoms with E-state index in [1.165, 1.54) is 16.9 Å².